The number of nitro benzene ring substituents is 1. The highest BCUT2D eigenvalue weighted by atomic mass is 32.2. The van der Waals surface area contributed by atoms with Crippen molar-refractivity contribution >= 4 is 22.2 Å². The number of ether oxygens (including phenoxy) is 1. The molecule has 0 aliphatic carbocycles. The van der Waals surface area contributed by atoms with Crippen molar-refractivity contribution in [2.45, 2.75) is 6.42 Å². The average Bonchev–Trinajstić information content (AvgIpc) is 2.34. The van der Waals surface area contributed by atoms with Crippen LogP contribution in [0.1, 0.15) is 6.42 Å². The zero-order chi connectivity index (χ0) is 13.5. The molecule has 0 saturated heterocycles. The minimum Gasteiger partial charge on any atom is -0.496 e. The Kier molecular flexibility index (Phi) is 5.57. The second-order valence-electron chi connectivity index (χ2n) is 3.70. The van der Waals surface area contributed by atoms with Crippen LogP contribution in [0.2, 0.25) is 0 Å². The number of hydrogen-bond donors (Lipinski definition) is 1. The number of nitrogens with zero attached hydrogens (tertiary/aromatic N) is 1. The maximum atomic E-state index is 10.9. The van der Waals surface area contributed by atoms with Gasteiger partial charge in [-0.3, -0.25) is 14.3 Å². The summed E-state index contributed by atoms with van der Waals surface area (Å²) >= 11 is 0. The van der Waals surface area contributed by atoms with Gasteiger partial charge in [0, 0.05) is 29.4 Å². The lowest BCUT2D eigenvalue weighted by molar-refractivity contribution is -0.384. The monoisotopic (exact) mass is 272 g/mol. The molecule has 100 valence electrons. The third-order valence-corrected chi connectivity index (χ3v) is 3.19. The molecular weight excluding hydrogens is 256 g/mol. The van der Waals surface area contributed by atoms with E-state index in [2.05, 4.69) is 5.32 Å². The number of nitrogens with one attached hydrogen (secondary N) is 1. The summed E-state index contributed by atoms with van der Waals surface area (Å²) in [6, 6.07) is 4.65. The van der Waals surface area contributed by atoms with Gasteiger partial charge in [-0.15, -0.1) is 0 Å². The van der Waals surface area contributed by atoms with Crippen molar-refractivity contribution in [3.63, 3.8) is 0 Å². The van der Waals surface area contributed by atoms with Crippen molar-refractivity contribution in [2.75, 3.05) is 31.0 Å². The minimum absolute atomic E-state index is 0.0213. The Morgan fingerprint density at radius 3 is 2.78 bits per heavy atom. The van der Waals surface area contributed by atoms with E-state index >= 15 is 0 Å². The van der Waals surface area contributed by atoms with Crippen LogP contribution in [-0.4, -0.2) is 34.8 Å². The summed E-state index contributed by atoms with van der Waals surface area (Å²) in [5.41, 5.74) is 0.426. The molecule has 0 fully saturated rings. The quantitative estimate of drug-likeness (QED) is 0.465. The van der Waals surface area contributed by atoms with E-state index in [0.29, 0.717) is 30.2 Å². The number of hydrogen-bond acceptors (Lipinski definition) is 5. The molecule has 0 aromatic heterocycles. The number of nitro groups is 1. The Morgan fingerprint density at radius 2 is 2.22 bits per heavy atom. The van der Waals surface area contributed by atoms with Gasteiger partial charge in [0.15, 0.2) is 0 Å². The molecule has 1 aromatic rings. The van der Waals surface area contributed by atoms with E-state index in [0.717, 1.165) is 0 Å². The van der Waals surface area contributed by atoms with Gasteiger partial charge in [-0.05, 0) is 18.6 Å². The topological polar surface area (TPSA) is 81.5 Å². The smallest absolute Gasteiger partial charge is 0.296 e. The number of anilines is 1. The maximum Gasteiger partial charge on any atom is 0.296 e. The van der Waals surface area contributed by atoms with Gasteiger partial charge in [0.05, 0.1) is 18.1 Å². The Morgan fingerprint density at radius 1 is 1.50 bits per heavy atom. The fourth-order valence-electron chi connectivity index (χ4n) is 1.44. The highest BCUT2D eigenvalue weighted by molar-refractivity contribution is 7.84. The van der Waals surface area contributed by atoms with Crippen molar-refractivity contribution in [3.05, 3.63) is 28.3 Å². The fourth-order valence-corrected chi connectivity index (χ4v) is 1.99. The summed E-state index contributed by atoms with van der Waals surface area (Å²) in [5.74, 6) is 1.03. The largest absolute Gasteiger partial charge is 0.496 e. The zero-order valence-corrected chi connectivity index (χ0v) is 11.2. The molecule has 18 heavy (non-hydrogen) atoms. The highest BCUT2D eigenvalue weighted by Crippen LogP contribution is 2.28. The number of rotatable bonds is 7. The van der Waals surface area contributed by atoms with Gasteiger partial charge < -0.3 is 10.1 Å². The van der Waals surface area contributed by atoms with Crippen molar-refractivity contribution in [1.29, 1.82) is 0 Å². The van der Waals surface area contributed by atoms with Crippen molar-refractivity contribution in [1.82, 2.24) is 0 Å². The third-order valence-electron chi connectivity index (χ3n) is 2.33. The molecule has 0 aliphatic rings. The lowest BCUT2D eigenvalue weighted by atomic mass is 10.2. The molecule has 0 aliphatic heterocycles. The normalized spacial score (nSPS) is 11.9. The van der Waals surface area contributed by atoms with Crippen LogP contribution in [0, 0.1) is 10.1 Å². The molecule has 0 saturated carbocycles. The Balaban J connectivity index is 2.69. The molecule has 1 atom stereocenters. The standard InChI is InChI=1S/C11H16N2O4S/c1-17-9-4-5-10(11(8-9)13(14)15)12-6-3-7-18(2)16/h4-5,8,12H,3,6-7H2,1-2H3. The molecule has 0 amide bonds. The molecule has 7 heteroatoms. The molecule has 1 N–H and O–H groups in total. The summed E-state index contributed by atoms with van der Waals surface area (Å²) < 4.78 is 15.8. The van der Waals surface area contributed by atoms with Crippen molar-refractivity contribution in [3.8, 4) is 5.75 Å². The van der Waals surface area contributed by atoms with Gasteiger partial charge in [0.1, 0.15) is 11.4 Å². The van der Waals surface area contributed by atoms with Crippen molar-refractivity contribution < 1.29 is 13.9 Å². The van der Waals surface area contributed by atoms with Crippen LogP contribution in [0.15, 0.2) is 18.2 Å². The molecule has 0 spiro atoms. The molecular formula is C11H16N2O4S. The SMILES string of the molecule is COc1ccc(NCCCS(C)=O)c([N+](=O)[O-])c1. The predicted octanol–water partition coefficient (Wildman–Crippen LogP) is 1.78. The summed E-state index contributed by atoms with van der Waals surface area (Å²) in [7, 11) is 0.624. The van der Waals surface area contributed by atoms with E-state index in [9.17, 15) is 14.3 Å². The van der Waals surface area contributed by atoms with Gasteiger partial charge in [0.25, 0.3) is 5.69 Å². The van der Waals surface area contributed by atoms with Gasteiger partial charge in [-0.2, -0.15) is 0 Å². The zero-order valence-electron chi connectivity index (χ0n) is 10.3. The van der Waals surface area contributed by atoms with E-state index < -0.39 is 15.7 Å². The van der Waals surface area contributed by atoms with Crippen LogP contribution >= 0.6 is 0 Å². The molecule has 0 radical (unpaired) electrons. The Bertz CT molecular complexity index is 451. The van der Waals surface area contributed by atoms with Gasteiger partial charge in [-0.25, -0.2) is 0 Å². The van der Waals surface area contributed by atoms with Gasteiger partial charge >= 0.3 is 0 Å². The second-order valence-corrected chi connectivity index (χ2v) is 5.25. The van der Waals surface area contributed by atoms with Crippen molar-refractivity contribution in [2.24, 2.45) is 0 Å². The van der Waals surface area contributed by atoms with Crippen LogP contribution in [0.4, 0.5) is 11.4 Å². The molecule has 0 heterocycles. The van der Waals surface area contributed by atoms with Crippen LogP contribution < -0.4 is 10.1 Å². The highest BCUT2D eigenvalue weighted by Gasteiger charge is 2.14. The second kappa shape index (κ2) is 6.95. The average molecular weight is 272 g/mol. The van der Waals surface area contributed by atoms with E-state index in [1.165, 1.54) is 13.2 Å². The van der Waals surface area contributed by atoms with Crippen LogP contribution in [0.5, 0.6) is 5.75 Å². The van der Waals surface area contributed by atoms with Crippen LogP contribution in [0.3, 0.4) is 0 Å². The lowest BCUT2D eigenvalue weighted by Gasteiger charge is -2.07. The Hall–Kier alpha value is -1.63. The molecule has 0 bridgehead atoms. The summed E-state index contributed by atoms with van der Waals surface area (Å²) in [6.07, 6.45) is 2.34. The summed E-state index contributed by atoms with van der Waals surface area (Å²) in [4.78, 5) is 10.4. The first-order valence-corrected chi connectivity index (χ1v) is 7.13. The number of methoxy groups -OCH3 is 1. The summed E-state index contributed by atoms with van der Waals surface area (Å²) in [5, 5.41) is 13.9. The first kappa shape index (κ1) is 14.4. The van der Waals surface area contributed by atoms with E-state index in [1.807, 2.05) is 0 Å². The maximum absolute atomic E-state index is 10.9. The third kappa shape index (κ3) is 4.33. The molecule has 6 nitrogen and oxygen atoms in total. The number of benzene rings is 1. The Labute approximate surface area is 108 Å². The van der Waals surface area contributed by atoms with Crippen LogP contribution in [0.25, 0.3) is 0 Å². The van der Waals surface area contributed by atoms with E-state index in [4.69, 9.17) is 4.74 Å². The molecule has 1 rings (SSSR count). The minimum atomic E-state index is -0.837. The van der Waals surface area contributed by atoms with Gasteiger partial charge in [-0.1, -0.05) is 0 Å². The van der Waals surface area contributed by atoms with Crippen LogP contribution in [-0.2, 0) is 10.8 Å². The fraction of sp³-hybridized carbons (Fsp3) is 0.455. The first-order chi connectivity index (χ1) is 8.54. The van der Waals surface area contributed by atoms with E-state index in [-0.39, 0.29) is 5.69 Å². The summed E-state index contributed by atoms with van der Waals surface area (Å²) in [6.45, 7) is 0.548. The molecule has 1 unspecified atom stereocenters. The first-order valence-electron chi connectivity index (χ1n) is 5.41. The van der Waals surface area contributed by atoms with E-state index in [1.54, 1.807) is 18.4 Å². The predicted molar refractivity (Wildman–Crippen MR) is 71.7 cm³/mol. The van der Waals surface area contributed by atoms with Gasteiger partial charge in [0.2, 0.25) is 0 Å². The lowest BCUT2D eigenvalue weighted by Crippen LogP contribution is -2.07. The molecule has 1 aromatic carbocycles.